The number of carbonyl (C=O) groups excluding carboxylic acids is 3. The molecule has 1 N–H and O–H groups in total. The first-order valence-electron chi connectivity index (χ1n) is 5.94. The summed E-state index contributed by atoms with van der Waals surface area (Å²) in [6.45, 7) is 8.45. The zero-order valence-corrected chi connectivity index (χ0v) is 11.9. The fourth-order valence-electron chi connectivity index (χ4n) is 0.852. The summed E-state index contributed by atoms with van der Waals surface area (Å²) in [5, 5.41) is 2.17. The summed E-state index contributed by atoms with van der Waals surface area (Å²) < 4.78 is 13.8. The molecule has 1 amide bonds. The van der Waals surface area contributed by atoms with Crippen LogP contribution in [0.2, 0.25) is 0 Å². The van der Waals surface area contributed by atoms with Gasteiger partial charge in [-0.1, -0.05) is 13.8 Å². The third-order valence-electron chi connectivity index (χ3n) is 1.51. The number of esters is 1. The molecule has 0 aromatic rings. The second-order valence-electron chi connectivity index (χ2n) is 5.28. The number of alkyl carbamates (subject to hydrolysis) is 1. The van der Waals surface area contributed by atoms with E-state index in [1.165, 1.54) is 0 Å². The summed E-state index contributed by atoms with van der Waals surface area (Å²) >= 11 is 0. The molecule has 19 heavy (non-hydrogen) atoms. The minimum Gasteiger partial charge on any atom is -0.444 e. The van der Waals surface area contributed by atoms with Crippen LogP contribution < -0.4 is 5.32 Å². The largest absolute Gasteiger partial charge is 0.516 e. The van der Waals surface area contributed by atoms with Crippen molar-refractivity contribution in [1.29, 1.82) is 0 Å². The van der Waals surface area contributed by atoms with Gasteiger partial charge in [-0.2, -0.15) is 0 Å². The molecule has 7 nitrogen and oxygen atoms in total. The predicted molar refractivity (Wildman–Crippen MR) is 66.5 cm³/mol. The predicted octanol–water partition coefficient (Wildman–Crippen LogP) is 1.85. The molecule has 0 unspecified atom stereocenters. The Hall–Kier alpha value is -1.79. The number of carbonyl (C=O) groups is 3. The van der Waals surface area contributed by atoms with Crippen LogP contribution in [0.25, 0.3) is 0 Å². The first-order chi connectivity index (χ1) is 8.60. The van der Waals surface area contributed by atoms with Crippen molar-refractivity contribution in [2.45, 2.75) is 40.2 Å². The van der Waals surface area contributed by atoms with E-state index >= 15 is 0 Å². The quantitative estimate of drug-likeness (QED) is 0.622. The smallest absolute Gasteiger partial charge is 0.444 e. The van der Waals surface area contributed by atoms with Crippen LogP contribution in [0.3, 0.4) is 0 Å². The first-order valence-corrected chi connectivity index (χ1v) is 5.94. The molecule has 0 aromatic carbocycles. The summed E-state index contributed by atoms with van der Waals surface area (Å²) in [5.41, 5.74) is -0.663. The molecule has 0 radical (unpaired) electrons. The van der Waals surface area contributed by atoms with Crippen LogP contribution in [-0.2, 0) is 19.0 Å². The zero-order valence-electron chi connectivity index (χ0n) is 11.9. The van der Waals surface area contributed by atoms with Gasteiger partial charge < -0.3 is 19.5 Å². The third-order valence-corrected chi connectivity index (χ3v) is 1.51. The normalized spacial score (nSPS) is 10.8. The highest BCUT2D eigenvalue weighted by Crippen LogP contribution is 2.06. The number of amides is 1. The van der Waals surface area contributed by atoms with Gasteiger partial charge in [0.15, 0.2) is 0 Å². The van der Waals surface area contributed by atoms with E-state index in [4.69, 9.17) is 4.74 Å². The maximum absolute atomic E-state index is 11.2. The molecule has 0 saturated carbocycles. The van der Waals surface area contributed by atoms with Crippen molar-refractivity contribution in [3.63, 3.8) is 0 Å². The van der Waals surface area contributed by atoms with Gasteiger partial charge in [0.1, 0.15) is 12.1 Å². The molecular formula is C12H21NO6. The summed E-state index contributed by atoms with van der Waals surface area (Å²) in [4.78, 5) is 33.4. The van der Waals surface area contributed by atoms with Crippen LogP contribution in [0.4, 0.5) is 9.59 Å². The molecule has 0 atom stereocenters. The van der Waals surface area contributed by atoms with Gasteiger partial charge in [0, 0.05) is 0 Å². The lowest BCUT2D eigenvalue weighted by molar-refractivity contribution is -0.138. The van der Waals surface area contributed by atoms with Gasteiger partial charge in [0.25, 0.3) is 0 Å². The summed E-state index contributed by atoms with van der Waals surface area (Å²) in [6, 6.07) is 0. The Labute approximate surface area is 112 Å². The van der Waals surface area contributed by atoms with Crippen molar-refractivity contribution in [1.82, 2.24) is 5.32 Å². The fourth-order valence-corrected chi connectivity index (χ4v) is 0.852. The number of ether oxygens (including phenoxy) is 3. The van der Waals surface area contributed by atoms with Gasteiger partial charge in [-0.05, 0) is 26.7 Å². The highest BCUT2D eigenvalue weighted by Gasteiger charge is 2.18. The number of nitrogens with one attached hydrogen (secondary N) is 1. The van der Waals surface area contributed by atoms with E-state index in [0.29, 0.717) is 0 Å². The number of hydrogen-bond acceptors (Lipinski definition) is 6. The first kappa shape index (κ1) is 17.2. The van der Waals surface area contributed by atoms with Crippen LogP contribution in [0.15, 0.2) is 0 Å². The van der Waals surface area contributed by atoms with Crippen LogP contribution in [0, 0.1) is 5.92 Å². The van der Waals surface area contributed by atoms with Gasteiger partial charge >= 0.3 is 18.2 Å². The highest BCUT2D eigenvalue weighted by molar-refractivity contribution is 5.85. The Morgan fingerprint density at radius 3 is 2.21 bits per heavy atom. The second-order valence-corrected chi connectivity index (χ2v) is 5.28. The van der Waals surface area contributed by atoms with Crippen molar-refractivity contribution in [2.24, 2.45) is 5.92 Å². The monoisotopic (exact) mass is 275 g/mol. The minimum atomic E-state index is -1.08. The zero-order chi connectivity index (χ0) is 15.1. The molecule has 0 aliphatic heterocycles. The summed E-state index contributed by atoms with van der Waals surface area (Å²) in [5.74, 6) is -0.776. The fraction of sp³-hybridized carbons (Fsp3) is 0.750. The Morgan fingerprint density at radius 1 is 1.16 bits per heavy atom. The molecule has 110 valence electrons. The molecule has 0 rings (SSSR count). The lowest BCUT2D eigenvalue weighted by atomic mass is 10.2. The molecule has 0 aliphatic rings. The SMILES string of the molecule is CC(C)COC(=O)OC(=O)CNC(=O)OC(C)(C)C. The Bertz CT molecular complexity index is 332. The van der Waals surface area contributed by atoms with E-state index in [0.717, 1.165) is 0 Å². The van der Waals surface area contributed by atoms with Crippen molar-refractivity contribution >= 4 is 18.2 Å². The Morgan fingerprint density at radius 2 is 1.74 bits per heavy atom. The maximum atomic E-state index is 11.2. The second kappa shape index (κ2) is 7.60. The number of rotatable bonds is 4. The van der Waals surface area contributed by atoms with Gasteiger partial charge in [0.2, 0.25) is 0 Å². The Balaban J connectivity index is 3.87. The van der Waals surface area contributed by atoms with E-state index in [9.17, 15) is 14.4 Å². The molecule has 0 bridgehead atoms. The molecule has 0 spiro atoms. The highest BCUT2D eigenvalue weighted by atomic mass is 16.7. The van der Waals surface area contributed by atoms with Crippen molar-refractivity contribution in [2.75, 3.05) is 13.2 Å². The molecule has 0 aliphatic carbocycles. The number of hydrogen-bond donors (Lipinski definition) is 1. The van der Waals surface area contributed by atoms with E-state index in [1.54, 1.807) is 20.8 Å². The standard InChI is InChI=1S/C12H21NO6/c1-8(2)7-17-11(16)18-9(14)6-13-10(15)19-12(3,4)5/h8H,6-7H2,1-5H3,(H,13,15). The van der Waals surface area contributed by atoms with Gasteiger partial charge in [-0.3, -0.25) is 0 Å². The van der Waals surface area contributed by atoms with Gasteiger partial charge in [-0.15, -0.1) is 0 Å². The lowest BCUT2D eigenvalue weighted by Crippen LogP contribution is -2.36. The average Bonchev–Trinajstić information content (AvgIpc) is 2.21. The van der Waals surface area contributed by atoms with Crippen LogP contribution in [0.1, 0.15) is 34.6 Å². The maximum Gasteiger partial charge on any atom is 0.516 e. The van der Waals surface area contributed by atoms with E-state index in [-0.39, 0.29) is 12.5 Å². The van der Waals surface area contributed by atoms with Crippen LogP contribution >= 0.6 is 0 Å². The van der Waals surface area contributed by atoms with Crippen molar-refractivity contribution < 1.29 is 28.6 Å². The minimum absolute atomic E-state index is 0.141. The molecular weight excluding hydrogens is 254 g/mol. The Kier molecular flexibility index (Phi) is 6.89. The van der Waals surface area contributed by atoms with Gasteiger partial charge in [0.05, 0.1) is 6.61 Å². The van der Waals surface area contributed by atoms with Gasteiger partial charge in [-0.25, -0.2) is 14.4 Å². The van der Waals surface area contributed by atoms with Crippen molar-refractivity contribution in [3.8, 4) is 0 Å². The topological polar surface area (TPSA) is 90.9 Å². The molecule has 0 aromatic heterocycles. The van der Waals surface area contributed by atoms with E-state index in [1.807, 2.05) is 13.8 Å². The summed E-state index contributed by atoms with van der Waals surface area (Å²) in [6.07, 6.45) is -1.84. The molecule has 0 saturated heterocycles. The lowest BCUT2D eigenvalue weighted by Gasteiger charge is -2.19. The van der Waals surface area contributed by atoms with E-state index in [2.05, 4.69) is 14.8 Å². The summed E-state index contributed by atoms with van der Waals surface area (Å²) in [7, 11) is 0. The average molecular weight is 275 g/mol. The van der Waals surface area contributed by atoms with Crippen molar-refractivity contribution in [3.05, 3.63) is 0 Å². The molecule has 0 fully saturated rings. The molecule has 7 heteroatoms. The van der Waals surface area contributed by atoms with Crippen LogP contribution in [-0.4, -0.2) is 37.0 Å². The third kappa shape index (κ3) is 11.1. The van der Waals surface area contributed by atoms with Crippen LogP contribution in [0.5, 0.6) is 0 Å². The van der Waals surface area contributed by atoms with E-state index < -0.39 is 30.4 Å². The molecule has 0 heterocycles.